The highest BCUT2D eigenvalue weighted by molar-refractivity contribution is 7.09. The second kappa shape index (κ2) is 5.91. The first-order valence-corrected chi connectivity index (χ1v) is 9.16. The van der Waals surface area contributed by atoms with Crippen molar-refractivity contribution in [2.45, 2.75) is 38.3 Å². The topological polar surface area (TPSA) is 45.7 Å². The normalized spacial score (nSPS) is 29.4. The average molecular weight is 321 g/mol. The third kappa shape index (κ3) is 2.92. The molecule has 0 N–H and O–H groups in total. The van der Waals surface area contributed by atoms with Gasteiger partial charge in [-0.1, -0.05) is 0 Å². The van der Waals surface area contributed by atoms with Gasteiger partial charge in [-0.25, -0.2) is 4.98 Å². The Labute approximate surface area is 135 Å². The molecule has 3 aliphatic rings. The maximum Gasteiger partial charge on any atom is 0.273 e. The van der Waals surface area contributed by atoms with E-state index in [1.165, 1.54) is 19.4 Å². The standard InChI is InChI=1S/C16H23N3O2S/c1-11-17-13(10-22-11)16(20)19-5-4-15-14(9-19)18(6-7-21-15)8-12-2-3-12/h10,12,14-15H,2-9H2,1H3/t14-,15-/m0/s1. The first-order valence-electron chi connectivity index (χ1n) is 8.28. The number of hydrogen-bond donors (Lipinski definition) is 0. The summed E-state index contributed by atoms with van der Waals surface area (Å²) in [4.78, 5) is 21.5. The van der Waals surface area contributed by atoms with E-state index in [4.69, 9.17) is 4.74 Å². The summed E-state index contributed by atoms with van der Waals surface area (Å²) in [7, 11) is 0. The molecule has 3 fully saturated rings. The fraction of sp³-hybridized carbons (Fsp3) is 0.750. The van der Waals surface area contributed by atoms with Crippen LogP contribution in [0.2, 0.25) is 0 Å². The summed E-state index contributed by atoms with van der Waals surface area (Å²) in [5, 5.41) is 2.83. The zero-order valence-corrected chi connectivity index (χ0v) is 13.8. The monoisotopic (exact) mass is 321 g/mol. The van der Waals surface area contributed by atoms with Gasteiger partial charge in [0.1, 0.15) is 5.69 Å². The van der Waals surface area contributed by atoms with Crippen molar-refractivity contribution < 1.29 is 9.53 Å². The molecule has 2 atom stereocenters. The van der Waals surface area contributed by atoms with Gasteiger partial charge in [0.25, 0.3) is 5.91 Å². The van der Waals surface area contributed by atoms with E-state index in [-0.39, 0.29) is 5.91 Å². The molecule has 0 aromatic carbocycles. The minimum absolute atomic E-state index is 0.0831. The van der Waals surface area contributed by atoms with E-state index in [1.54, 1.807) is 11.3 Å². The number of fused-ring (bicyclic) bond motifs is 1. The smallest absolute Gasteiger partial charge is 0.273 e. The Balaban J connectivity index is 1.46. The number of carbonyl (C=O) groups excluding carboxylic acids is 1. The number of piperidine rings is 1. The van der Waals surface area contributed by atoms with Crippen molar-refractivity contribution in [3.05, 3.63) is 16.1 Å². The molecule has 2 saturated heterocycles. The number of likely N-dealkylation sites (tertiary alicyclic amines) is 1. The first kappa shape index (κ1) is 14.6. The number of hydrogen-bond acceptors (Lipinski definition) is 5. The van der Waals surface area contributed by atoms with Crippen LogP contribution >= 0.6 is 11.3 Å². The van der Waals surface area contributed by atoms with Crippen LogP contribution in [0.25, 0.3) is 0 Å². The van der Waals surface area contributed by atoms with Crippen LogP contribution < -0.4 is 0 Å². The SMILES string of the molecule is Cc1nc(C(=O)N2CC[C@@H]3OCCN(CC4CC4)[C@H]3C2)cs1. The fourth-order valence-corrected chi connectivity index (χ4v) is 4.20. The summed E-state index contributed by atoms with van der Waals surface area (Å²) in [5.41, 5.74) is 0.603. The zero-order chi connectivity index (χ0) is 15.1. The second-order valence-electron chi connectivity index (χ2n) is 6.71. The molecular formula is C16H23N3O2S. The van der Waals surface area contributed by atoms with Gasteiger partial charge in [-0.2, -0.15) is 0 Å². The Morgan fingerprint density at radius 1 is 1.41 bits per heavy atom. The Hall–Kier alpha value is -0.980. The van der Waals surface area contributed by atoms with Crippen LogP contribution in [0.4, 0.5) is 0 Å². The molecule has 1 amide bonds. The van der Waals surface area contributed by atoms with E-state index < -0.39 is 0 Å². The molecule has 120 valence electrons. The minimum atomic E-state index is 0.0831. The molecule has 3 heterocycles. The van der Waals surface area contributed by atoms with E-state index >= 15 is 0 Å². The molecule has 1 aromatic rings. The lowest BCUT2D eigenvalue weighted by Gasteiger charge is -2.47. The van der Waals surface area contributed by atoms with Gasteiger partial charge in [0, 0.05) is 31.6 Å². The summed E-state index contributed by atoms with van der Waals surface area (Å²) < 4.78 is 5.96. The van der Waals surface area contributed by atoms with Gasteiger partial charge in [0.2, 0.25) is 0 Å². The lowest BCUT2D eigenvalue weighted by atomic mass is 9.98. The summed E-state index contributed by atoms with van der Waals surface area (Å²) in [6.07, 6.45) is 3.99. The predicted molar refractivity (Wildman–Crippen MR) is 85.2 cm³/mol. The number of ether oxygens (including phenoxy) is 1. The van der Waals surface area contributed by atoms with Gasteiger partial charge < -0.3 is 9.64 Å². The molecule has 2 aliphatic heterocycles. The summed E-state index contributed by atoms with van der Waals surface area (Å²) >= 11 is 1.54. The molecule has 6 heteroatoms. The van der Waals surface area contributed by atoms with Crippen LogP contribution in [0.3, 0.4) is 0 Å². The number of aromatic nitrogens is 1. The number of aryl methyl sites for hydroxylation is 1. The van der Waals surface area contributed by atoms with Gasteiger partial charge in [-0.15, -0.1) is 11.3 Å². The third-order valence-corrected chi connectivity index (χ3v) is 5.79. The predicted octanol–water partition coefficient (Wildman–Crippen LogP) is 1.78. The maximum absolute atomic E-state index is 12.6. The Bertz CT molecular complexity index is 557. The highest BCUT2D eigenvalue weighted by Crippen LogP contribution is 2.33. The largest absolute Gasteiger partial charge is 0.375 e. The van der Waals surface area contributed by atoms with Crippen molar-refractivity contribution in [3.63, 3.8) is 0 Å². The molecule has 4 rings (SSSR count). The van der Waals surface area contributed by atoms with E-state index in [1.807, 2.05) is 17.2 Å². The lowest BCUT2D eigenvalue weighted by molar-refractivity contribution is -0.0989. The highest BCUT2D eigenvalue weighted by atomic mass is 32.1. The summed E-state index contributed by atoms with van der Waals surface area (Å²) in [6.45, 7) is 6.55. The van der Waals surface area contributed by atoms with Crippen molar-refractivity contribution >= 4 is 17.2 Å². The molecule has 0 unspecified atom stereocenters. The van der Waals surface area contributed by atoms with E-state index in [9.17, 15) is 4.79 Å². The van der Waals surface area contributed by atoms with Gasteiger partial charge in [0.05, 0.1) is 23.8 Å². The Morgan fingerprint density at radius 2 is 2.27 bits per heavy atom. The summed E-state index contributed by atoms with van der Waals surface area (Å²) in [6, 6.07) is 0.367. The van der Waals surface area contributed by atoms with Crippen LogP contribution in [0.5, 0.6) is 0 Å². The fourth-order valence-electron chi connectivity index (χ4n) is 3.61. The van der Waals surface area contributed by atoms with Crippen LogP contribution in [-0.4, -0.2) is 65.6 Å². The minimum Gasteiger partial charge on any atom is -0.375 e. The molecule has 1 aliphatic carbocycles. The number of thiazole rings is 1. The second-order valence-corrected chi connectivity index (χ2v) is 7.77. The molecule has 22 heavy (non-hydrogen) atoms. The van der Waals surface area contributed by atoms with Crippen molar-refractivity contribution in [1.29, 1.82) is 0 Å². The van der Waals surface area contributed by atoms with Gasteiger partial charge >= 0.3 is 0 Å². The Morgan fingerprint density at radius 3 is 3.00 bits per heavy atom. The van der Waals surface area contributed by atoms with Crippen LogP contribution in [0, 0.1) is 12.8 Å². The van der Waals surface area contributed by atoms with Crippen molar-refractivity contribution in [2.24, 2.45) is 5.92 Å². The molecule has 1 aromatic heterocycles. The number of nitrogens with zero attached hydrogens (tertiary/aromatic N) is 3. The number of carbonyl (C=O) groups is 1. The van der Waals surface area contributed by atoms with Gasteiger partial charge in [-0.3, -0.25) is 9.69 Å². The van der Waals surface area contributed by atoms with Gasteiger partial charge in [0.15, 0.2) is 0 Å². The molecule has 1 saturated carbocycles. The zero-order valence-electron chi connectivity index (χ0n) is 13.0. The van der Waals surface area contributed by atoms with E-state index in [0.29, 0.717) is 17.8 Å². The molecule has 0 spiro atoms. The van der Waals surface area contributed by atoms with Crippen molar-refractivity contribution in [3.8, 4) is 0 Å². The van der Waals surface area contributed by atoms with Crippen LogP contribution in [-0.2, 0) is 4.74 Å². The lowest BCUT2D eigenvalue weighted by Crippen LogP contribution is -2.61. The molecule has 0 radical (unpaired) electrons. The van der Waals surface area contributed by atoms with E-state index in [2.05, 4.69) is 9.88 Å². The molecule has 0 bridgehead atoms. The third-order valence-electron chi connectivity index (χ3n) is 5.01. The van der Waals surface area contributed by atoms with E-state index in [0.717, 1.165) is 43.6 Å². The van der Waals surface area contributed by atoms with Gasteiger partial charge in [-0.05, 0) is 32.1 Å². The summed E-state index contributed by atoms with van der Waals surface area (Å²) in [5.74, 6) is 0.964. The highest BCUT2D eigenvalue weighted by Gasteiger charge is 2.40. The molecular weight excluding hydrogens is 298 g/mol. The van der Waals surface area contributed by atoms with Crippen LogP contribution in [0.15, 0.2) is 5.38 Å². The molecule has 5 nitrogen and oxygen atoms in total. The quantitative estimate of drug-likeness (QED) is 0.851. The van der Waals surface area contributed by atoms with Crippen molar-refractivity contribution in [2.75, 3.05) is 32.8 Å². The van der Waals surface area contributed by atoms with Crippen LogP contribution in [0.1, 0.15) is 34.8 Å². The number of amides is 1. The number of rotatable bonds is 3. The average Bonchev–Trinajstić information content (AvgIpc) is 3.25. The number of morpholine rings is 1. The van der Waals surface area contributed by atoms with Crippen molar-refractivity contribution in [1.82, 2.24) is 14.8 Å². The Kier molecular flexibility index (Phi) is 3.92. The maximum atomic E-state index is 12.6. The first-order chi connectivity index (χ1) is 10.7.